The number of ether oxygens (including phenoxy) is 1. The Labute approximate surface area is 220 Å². The van der Waals surface area contributed by atoms with E-state index in [9.17, 15) is 9.59 Å². The predicted molar refractivity (Wildman–Crippen MR) is 144 cm³/mol. The van der Waals surface area contributed by atoms with Gasteiger partial charge in [0, 0.05) is 49.4 Å². The molecule has 38 heavy (non-hydrogen) atoms. The first-order chi connectivity index (χ1) is 18.6. The number of nitrogens with zero attached hydrogens (tertiary/aromatic N) is 5. The summed E-state index contributed by atoms with van der Waals surface area (Å²) in [5.74, 6) is 1.22. The van der Waals surface area contributed by atoms with E-state index in [1.165, 1.54) is 0 Å². The molecule has 1 atom stereocenters. The van der Waals surface area contributed by atoms with Gasteiger partial charge >= 0.3 is 0 Å². The lowest BCUT2D eigenvalue weighted by Crippen LogP contribution is -2.38. The number of fused-ring (bicyclic) bond motifs is 1. The molecule has 1 aliphatic heterocycles. The second-order valence-corrected chi connectivity index (χ2v) is 9.00. The van der Waals surface area contributed by atoms with Crippen molar-refractivity contribution >= 4 is 29.0 Å². The minimum absolute atomic E-state index is 0.0738. The smallest absolute Gasteiger partial charge is 0.256 e. The van der Waals surface area contributed by atoms with Crippen LogP contribution in [-0.4, -0.2) is 56.3 Å². The lowest BCUT2D eigenvalue weighted by molar-refractivity contribution is -0.130. The topological polar surface area (TPSA) is 128 Å². The van der Waals surface area contributed by atoms with E-state index in [-0.39, 0.29) is 17.9 Å². The molecule has 3 N–H and O–H groups in total. The van der Waals surface area contributed by atoms with Gasteiger partial charge in [-0.1, -0.05) is 24.3 Å². The van der Waals surface area contributed by atoms with Crippen LogP contribution in [-0.2, 0) is 9.53 Å². The van der Waals surface area contributed by atoms with E-state index in [1.807, 2.05) is 33.7 Å². The number of rotatable bonds is 7. The third-order valence-electron chi connectivity index (χ3n) is 6.54. The Morgan fingerprint density at radius 1 is 1.13 bits per heavy atom. The molecule has 5 rings (SSSR count). The van der Waals surface area contributed by atoms with Crippen LogP contribution in [0.4, 0.5) is 11.6 Å². The van der Waals surface area contributed by atoms with Gasteiger partial charge in [0.25, 0.3) is 5.91 Å². The third-order valence-corrected chi connectivity index (χ3v) is 6.54. The molecular formula is C28H29N7O3. The Morgan fingerprint density at radius 2 is 1.97 bits per heavy atom. The SMILES string of the molecule is COC/C=C/C(=O)N1CCCC[C@H]1c1nc(-c2ccc(C(=O)Nc3ccccn3)cc2)c2c(N)nccn12. The number of hydrogen-bond donors (Lipinski definition) is 2. The highest BCUT2D eigenvalue weighted by Crippen LogP contribution is 2.36. The summed E-state index contributed by atoms with van der Waals surface area (Å²) in [5, 5.41) is 2.79. The van der Waals surface area contributed by atoms with Gasteiger partial charge in [-0.3, -0.25) is 14.0 Å². The largest absolute Gasteiger partial charge is 0.382 e. The number of imidazole rings is 1. The molecule has 0 bridgehead atoms. The van der Waals surface area contributed by atoms with E-state index in [2.05, 4.69) is 15.3 Å². The molecule has 0 radical (unpaired) electrons. The maximum atomic E-state index is 13.0. The fourth-order valence-electron chi connectivity index (χ4n) is 4.73. The van der Waals surface area contributed by atoms with E-state index < -0.39 is 0 Å². The highest BCUT2D eigenvalue weighted by Gasteiger charge is 2.31. The van der Waals surface area contributed by atoms with Crippen LogP contribution in [0.3, 0.4) is 0 Å². The van der Waals surface area contributed by atoms with Crippen molar-refractivity contribution in [3.63, 3.8) is 0 Å². The third kappa shape index (κ3) is 5.12. The molecular weight excluding hydrogens is 482 g/mol. The molecule has 4 aromatic rings. The summed E-state index contributed by atoms with van der Waals surface area (Å²) < 4.78 is 6.97. The summed E-state index contributed by atoms with van der Waals surface area (Å²) in [7, 11) is 1.59. The lowest BCUT2D eigenvalue weighted by atomic mass is 10.0. The maximum Gasteiger partial charge on any atom is 0.256 e. The van der Waals surface area contributed by atoms with Crippen molar-refractivity contribution < 1.29 is 14.3 Å². The number of nitrogens with one attached hydrogen (secondary N) is 1. The van der Waals surface area contributed by atoms with Gasteiger partial charge in [0.1, 0.15) is 28.7 Å². The van der Waals surface area contributed by atoms with Crippen molar-refractivity contribution in [1.29, 1.82) is 0 Å². The Hall–Kier alpha value is -4.57. The number of amides is 2. The second kappa shape index (κ2) is 11.2. The first kappa shape index (κ1) is 25.1. The number of likely N-dealkylation sites (tertiary alicyclic amines) is 1. The van der Waals surface area contributed by atoms with Crippen LogP contribution >= 0.6 is 0 Å². The van der Waals surface area contributed by atoms with Gasteiger partial charge in [0.15, 0.2) is 0 Å². The Bertz CT molecular complexity index is 1470. The zero-order valence-electron chi connectivity index (χ0n) is 21.1. The number of carbonyl (C=O) groups is 2. The predicted octanol–water partition coefficient (Wildman–Crippen LogP) is 3.88. The molecule has 3 aromatic heterocycles. The molecule has 4 heterocycles. The van der Waals surface area contributed by atoms with Crippen molar-refractivity contribution in [3.05, 3.63) is 84.6 Å². The molecule has 1 saturated heterocycles. The minimum Gasteiger partial charge on any atom is -0.382 e. The van der Waals surface area contributed by atoms with Gasteiger partial charge < -0.3 is 20.7 Å². The zero-order valence-corrected chi connectivity index (χ0v) is 21.1. The van der Waals surface area contributed by atoms with E-state index in [0.717, 1.165) is 30.7 Å². The summed E-state index contributed by atoms with van der Waals surface area (Å²) in [4.78, 5) is 41.0. The molecule has 0 saturated carbocycles. The molecule has 10 nitrogen and oxygen atoms in total. The quantitative estimate of drug-likeness (QED) is 0.360. The van der Waals surface area contributed by atoms with Crippen LogP contribution in [0.2, 0.25) is 0 Å². The normalized spacial score (nSPS) is 15.7. The number of anilines is 2. The Morgan fingerprint density at radius 3 is 2.74 bits per heavy atom. The minimum atomic E-state index is -0.260. The Balaban J connectivity index is 1.48. The number of carbonyl (C=O) groups excluding carboxylic acids is 2. The number of methoxy groups -OCH3 is 1. The summed E-state index contributed by atoms with van der Waals surface area (Å²) in [6, 6.07) is 12.3. The van der Waals surface area contributed by atoms with Crippen molar-refractivity contribution in [1.82, 2.24) is 24.3 Å². The lowest BCUT2D eigenvalue weighted by Gasteiger charge is -2.34. The average molecular weight is 512 g/mol. The highest BCUT2D eigenvalue weighted by atomic mass is 16.5. The van der Waals surface area contributed by atoms with E-state index >= 15 is 0 Å². The van der Waals surface area contributed by atoms with Gasteiger partial charge in [-0.15, -0.1) is 0 Å². The van der Waals surface area contributed by atoms with E-state index in [0.29, 0.717) is 41.6 Å². The monoisotopic (exact) mass is 511 g/mol. The molecule has 2 amide bonds. The van der Waals surface area contributed by atoms with E-state index in [4.69, 9.17) is 15.5 Å². The van der Waals surface area contributed by atoms with Crippen LogP contribution in [0.15, 0.2) is 73.2 Å². The number of nitrogens with two attached hydrogens (primary N) is 1. The molecule has 1 aliphatic rings. The van der Waals surface area contributed by atoms with Crippen LogP contribution in [0.25, 0.3) is 16.8 Å². The molecule has 1 aromatic carbocycles. The number of benzene rings is 1. The Kier molecular flexibility index (Phi) is 7.41. The number of aromatic nitrogens is 4. The van der Waals surface area contributed by atoms with Crippen LogP contribution in [0.1, 0.15) is 41.5 Å². The fraction of sp³-hybridized carbons (Fsp3) is 0.250. The maximum absolute atomic E-state index is 13.0. The first-order valence-corrected chi connectivity index (χ1v) is 12.5. The van der Waals surface area contributed by atoms with Crippen LogP contribution in [0, 0.1) is 0 Å². The number of pyridine rings is 1. The van der Waals surface area contributed by atoms with Crippen molar-refractivity contribution in [2.75, 3.05) is 31.3 Å². The molecule has 0 unspecified atom stereocenters. The number of nitrogen functional groups attached to an aromatic ring is 1. The average Bonchev–Trinajstić information content (AvgIpc) is 3.34. The van der Waals surface area contributed by atoms with Crippen molar-refractivity contribution in [2.24, 2.45) is 0 Å². The molecule has 0 spiro atoms. The first-order valence-electron chi connectivity index (χ1n) is 12.5. The molecule has 0 aliphatic carbocycles. The zero-order chi connectivity index (χ0) is 26.5. The van der Waals surface area contributed by atoms with Gasteiger partial charge in [-0.2, -0.15) is 0 Å². The number of hydrogen-bond acceptors (Lipinski definition) is 7. The summed E-state index contributed by atoms with van der Waals surface area (Å²) in [5.41, 5.74) is 8.92. The van der Waals surface area contributed by atoms with Gasteiger partial charge in [0.2, 0.25) is 5.91 Å². The number of piperidine rings is 1. The fourth-order valence-corrected chi connectivity index (χ4v) is 4.73. The highest BCUT2D eigenvalue weighted by molar-refractivity contribution is 6.04. The van der Waals surface area contributed by atoms with Crippen LogP contribution < -0.4 is 11.1 Å². The van der Waals surface area contributed by atoms with Crippen molar-refractivity contribution in [3.8, 4) is 11.3 Å². The van der Waals surface area contributed by atoms with Crippen molar-refractivity contribution in [2.45, 2.75) is 25.3 Å². The standard InChI is InChI=1S/C28H29N7O3/c1-38-18-6-9-23(36)34-16-5-3-7-21(34)27-33-24(25-26(29)31-15-17-35(25)27)19-10-12-20(13-11-19)28(37)32-22-8-2-4-14-30-22/h2,4,6,8-15,17,21H,3,5,7,16,18H2,1H3,(H2,29,31)(H,30,32,37)/b9-6+/t21-/m0/s1. The molecule has 1 fully saturated rings. The van der Waals surface area contributed by atoms with E-state index in [1.54, 1.807) is 55.9 Å². The van der Waals surface area contributed by atoms with Gasteiger partial charge in [-0.05, 0) is 43.5 Å². The summed E-state index contributed by atoms with van der Waals surface area (Å²) in [6.07, 6.45) is 11.1. The van der Waals surface area contributed by atoms with Crippen LogP contribution in [0.5, 0.6) is 0 Å². The summed E-state index contributed by atoms with van der Waals surface area (Å²) >= 11 is 0. The van der Waals surface area contributed by atoms with Gasteiger partial charge in [0.05, 0.1) is 12.6 Å². The van der Waals surface area contributed by atoms with Gasteiger partial charge in [-0.25, -0.2) is 15.0 Å². The summed E-state index contributed by atoms with van der Waals surface area (Å²) in [6.45, 7) is 1.02. The second-order valence-electron chi connectivity index (χ2n) is 9.00. The molecule has 10 heteroatoms. The molecule has 194 valence electrons.